The lowest BCUT2D eigenvalue weighted by Crippen LogP contribution is -2.52. The molecule has 0 aliphatic rings. The van der Waals surface area contributed by atoms with Crippen molar-refractivity contribution in [1.29, 1.82) is 0 Å². The van der Waals surface area contributed by atoms with E-state index in [1.54, 1.807) is 37.3 Å². The lowest BCUT2D eigenvalue weighted by atomic mass is 10.1. The first-order valence-corrected chi connectivity index (χ1v) is 14.4. The molecule has 0 aliphatic carbocycles. The minimum Gasteiger partial charge on any atom is -0.354 e. The van der Waals surface area contributed by atoms with Crippen molar-refractivity contribution in [2.75, 3.05) is 23.7 Å². The standard InChI is InChI=1S/C26H35Cl2N3O4S/c1-7-23(26(33)29-14-17(2)3)30(15-20-9-10-21(27)13-22(20)28)25(32)16-31(36(6,34)35)24-11-8-18(4)12-19(24)5/h8-13,17,23H,7,14-16H2,1-6H3,(H,29,33). The molecule has 2 rings (SSSR count). The Balaban J connectivity index is 2.49. The average molecular weight is 557 g/mol. The minimum absolute atomic E-state index is 0.0208. The van der Waals surface area contributed by atoms with E-state index >= 15 is 0 Å². The highest BCUT2D eigenvalue weighted by Gasteiger charge is 2.32. The summed E-state index contributed by atoms with van der Waals surface area (Å²) in [6.45, 7) is 9.49. The number of hydrogen-bond donors (Lipinski definition) is 1. The molecule has 0 saturated heterocycles. The zero-order valence-corrected chi connectivity index (χ0v) is 24.0. The van der Waals surface area contributed by atoms with Crippen molar-refractivity contribution in [2.45, 2.75) is 53.6 Å². The summed E-state index contributed by atoms with van der Waals surface area (Å²) in [6.07, 6.45) is 1.40. The molecular weight excluding hydrogens is 521 g/mol. The van der Waals surface area contributed by atoms with Crippen LogP contribution in [0.15, 0.2) is 36.4 Å². The largest absolute Gasteiger partial charge is 0.354 e. The molecule has 2 aromatic carbocycles. The third-order valence-electron chi connectivity index (χ3n) is 5.73. The zero-order chi connectivity index (χ0) is 27.2. The van der Waals surface area contributed by atoms with Crippen molar-refractivity contribution in [2.24, 2.45) is 5.92 Å². The molecule has 2 aromatic rings. The van der Waals surface area contributed by atoms with Gasteiger partial charge in [0.05, 0.1) is 11.9 Å². The van der Waals surface area contributed by atoms with Gasteiger partial charge in [-0.3, -0.25) is 13.9 Å². The van der Waals surface area contributed by atoms with E-state index in [9.17, 15) is 18.0 Å². The zero-order valence-electron chi connectivity index (χ0n) is 21.6. The number of sulfonamides is 1. The molecular formula is C26H35Cl2N3O4S. The number of halogens is 2. The number of carbonyl (C=O) groups is 2. The van der Waals surface area contributed by atoms with Crippen LogP contribution in [0, 0.1) is 19.8 Å². The van der Waals surface area contributed by atoms with Crippen molar-refractivity contribution in [3.8, 4) is 0 Å². The highest BCUT2D eigenvalue weighted by Crippen LogP contribution is 2.26. The highest BCUT2D eigenvalue weighted by molar-refractivity contribution is 7.92. The van der Waals surface area contributed by atoms with Crippen molar-refractivity contribution >= 4 is 50.7 Å². The summed E-state index contributed by atoms with van der Waals surface area (Å²) in [5.41, 5.74) is 2.71. The van der Waals surface area contributed by atoms with Crippen LogP contribution in [-0.2, 0) is 26.2 Å². The molecule has 1 unspecified atom stereocenters. The van der Waals surface area contributed by atoms with Crippen LogP contribution in [0.25, 0.3) is 0 Å². The fourth-order valence-electron chi connectivity index (χ4n) is 3.86. The number of carbonyl (C=O) groups excluding carboxylic acids is 2. The van der Waals surface area contributed by atoms with E-state index in [4.69, 9.17) is 23.2 Å². The average Bonchev–Trinajstić information content (AvgIpc) is 2.77. The van der Waals surface area contributed by atoms with Gasteiger partial charge in [-0.15, -0.1) is 0 Å². The third kappa shape index (κ3) is 8.11. The molecule has 10 heteroatoms. The topological polar surface area (TPSA) is 86.8 Å². The van der Waals surface area contributed by atoms with Crippen LogP contribution in [0.1, 0.15) is 43.9 Å². The summed E-state index contributed by atoms with van der Waals surface area (Å²) in [7, 11) is -3.80. The smallest absolute Gasteiger partial charge is 0.244 e. The SMILES string of the molecule is CCC(C(=O)NCC(C)C)N(Cc1ccc(Cl)cc1Cl)C(=O)CN(c1ccc(C)cc1C)S(C)(=O)=O. The first-order chi connectivity index (χ1) is 16.7. The highest BCUT2D eigenvalue weighted by atomic mass is 35.5. The van der Waals surface area contributed by atoms with Crippen LogP contribution in [0.3, 0.4) is 0 Å². The van der Waals surface area contributed by atoms with Crippen LogP contribution in [-0.4, -0.2) is 50.5 Å². The van der Waals surface area contributed by atoms with E-state index in [1.165, 1.54) is 4.90 Å². The van der Waals surface area contributed by atoms with Crippen molar-refractivity contribution < 1.29 is 18.0 Å². The number of anilines is 1. The molecule has 0 bridgehead atoms. The summed E-state index contributed by atoms with van der Waals surface area (Å²) in [4.78, 5) is 28.3. The monoisotopic (exact) mass is 555 g/mol. The Kier molecular flexibility index (Phi) is 10.6. The Labute approximate surface area is 224 Å². The molecule has 2 amide bonds. The van der Waals surface area contributed by atoms with Crippen LogP contribution >= 0.6 is 23.2 Å². The molecule has 0 fully saturated rings. The summed E-state index contributed by atoms with van der Waals surface area (Å²) in [5.74, 6) is -0.591. The minimum atomic E-state index is -3.80. The van der Waals surface area contributed by atoms with Gasteiger partial charge in [0.25, 0.3) is 0 Å². The normalized spacial score (nSPS) is 12.4. The van der Waals surface area contributed by atoms with Crippen molar-refractivity contribution in [3.05, 3.63) is 63.1 Å². The number of nitrogens with one attached hydrogen (secondary N) is 1. The van der Waals surface area contributed by atoms with E-state index < -0.39 is 28.5 Å². The molecule has 198 valence electrons. The third-order valence-corrected chi connectivity index (χ3v) is 7.44. The Morgan fingerprint density at radius 1 is 1.06 bits per heavy atom. The van der Waals surface area contributed by atoms with Gasteiger partial charge in [-0.2, -0.15) is 0 Å². The van der Waals surface area contributed by atoms with Gasteiger partial charge in [0.15, 0.2) is 0 Å². The number of nitrogens with zero attached hydrogens (tertiary/aromatic N) is 2. The quantitative estimate of drug-likeness (QED) is 0.424. The molecule has 36 heavy (non-hydrogen) atoms. The number of aryl methyl sites for hydroxylation is 2. The fourth-order valence-corrected chi connectivity index (χ4v) is 5.23. The second-order valence-electron chi connectivity index (χ2n) is 9.38. The van der Waals surface area contributed by atoms with Gasteiger partial charge in [-0.25, -0.2) is 8.42 Å². The second-order valence-corrected chi connectivity index (χ2v) is 12.1. The van der Waals surface area contributed by atoms with Gasteiger partial charge in [-0.05, 0) is 55.5 Å². The van der Waals surface area contributed by atoms with Gasteiger partial charge in [0, 0.05) is 23.1 Å². The molecule has 0 heterocycles. The van der Waals surface area contributed by atoms with Crippen molar-refractivity contribution in [3.63, 3.8) is 0 Å². The van der Waals surface area contributed by atoms with Gasteiger partial charge in [0.2, 0.25) is 21.8 Å². The van der Waals surface area contributed by atoms with E-state index in [0.717, 1.165) is 21.7 Å². The maximum Gasteiger partial charge on any atom is 0.244 e. The number of hydrogen-bond acceptors (Lipinski definition) is 4. The van der Waals surface area contributed by atoms with Crippen LogP contribution in [0.2, 0.25) is 10.0 Å². The Morgan fingerprint density at radius 2 is 1.72 bits per heavy atom. The van der Waals surface area contributed by atoms with E-state index in [0.29, 0.717) is 34.3 Å². The van der Waals surface area contributed by atoms with Gasteiger partial charge >= 0.3 is 0 Å². The lowest BCUT2D eigenvalue weighted by Gasteiger charge is -2.33. The molecule has 0 aliphatic heterocycles. The molecule has 7 nitrogen and oxygen atoms in total. The van der Waals surface area contributed by atoms with Crippen LogP contribution in [0.4, 0.5) is 5.69 Å². The fraction of sp³-hybridized carbons (Fsp3) is 0.462. The maximum atomic E-state index is 13.7. The Bertz CT molecular complexity index is 1200. The summed E-state index contributed by atoms with van der Waals surface area (Å²) >= 11 is 12.4. The lowest BCUT2D eigenvalue weighted by molar-refractivity contribution is -0.140. The predicted octanol–water partition coefficient (Wildman–Crippen LogP) is 4.96. The Hall–Kier alpha value is -2.29. The summed E-state index contributed by atoms with van der Waals surface area (Å²) < 4.78 is 26.6. The molecule has 0 aromatic heterocycles. The first-order valence-electron chi connectivity index (χ1n) is 11.8. The van der Waals surface area contributed by atoms with E-state index in [2.05, 4.69) is 5.32 Å². The summed E-state index contributed by atoms with van der Waals surface area (Å²) in [6, 6.07) is 9.45. The van der Waals surface area contributed by atoms with Crippen LogP contribution in [0.5, 0.6) is 0 Å². The molecule has 0 spiro atoms. The van der Waals surface area contributed by atoms with Gasteiger partial charge in [0.1, 0.15) is 12.6 Å². The van der Waals surface area contributed by atoms with Gasteiger partial charge in [-0.1, -0.05) is 67.7 Å². The van der Waals surface area contributed by atoms with Crippen molar-refractivity contribution in [1.82, 2.24) is 10.2 Å². The predicted molar refractivity (Wildman–Crippen MR) is 147 cm³/mol. The number of rotatable bonds is 11. The molecule has 0 saturated carbocycles. The molecule has 0 radical (unpaired) electrons. The van der Waals surface area contributed by atoms with Gasteiger partial charge < -0.3 is 10.2 Å². The summed E-state index contributed by atoms with van der Waals surface area (Å²) in [5, 5.41) is 3.69. The maximum absolute atomic E-state index is 13.7. The number of amides is 2. The first kappa shape index (κ1) is 29.9. The Morgan fingerprint density at radius 3 is 2.25 bits per heavy atom. The molecule has 1 N–H and O–H groups in total. The van der Waals surface area contributed by atoms with E-state index in [1.807, 2.05) is 33.8 Å². The second kappa shape index (κ2) is 12.8. The molecule has 1 atom stereocenters. The van der Waals surface area contributed by atoms with E-state index in [-0.39, 0.29) is 18.4 Å². The van der Waals surface area contributed by atoms with Crippen LogP contribution < -0.4 is 9.62 Å². The number of benzene rings is 2.